The second kappa shape index (κ2) is 2.67. The summed E-state index contributed by atoms with van der Waals surface area (Å²) in [5.41, 5.74) is 0.837. The van der Waals surface area contributed by atoms with Crippen LogP contribution in [-0.2, 0) is 10.2 Å². The van der Waals surface area contributed by atoms with Crippen LogP contribution in [0.5, 0.6) is 0 Å². The molecule has 1 aromatic rings. The first-order valence-corrected chi connectivity index (χ1v) is 5.92. The summed E-state index contributed by atoms with van der Waals surface area (Å²) in [4.78, 5) is 14.0. The summed E-state index contributed by atoms with van der Waals surface area (Å²) in [6.07, 6.45) is 1.85. The second-order valence-corrected chi connectivity index (χ2v) is 5.29. The highest BCUT2D eigenvalue weighted by Crippen LogP contribution is 2.56. The molecule has 80 valence electrons. The highest BCUT2D eigenvalue weighted by molar-refractivity contribution is 9.10. The topological polar surface area (TPSA) is 33.5 Å². The molecule has 2 aliphatic rings. The quantitative estimate of drug-likeness (QED) is 0.726. The van der Waals surface area contributed by atoms with Gasteiger partial charge in [-0.3, -0.25) is 4.79 Å². The van der Waals surface area contributed by atoms with Gasteiger partial charge in [-0.15, -0.1) is 0 Å². The number of halogens is 1. The monoisotopic (exact) mass is 269 g/mol. The van der Waals surface area contributed by atoms with Crippen molar-refractivity contribution in [1.82, 2.24) is 4.90 Å². The summed E-state index contributed by atoms with van der Waals surface area (Å²) < 4.78 is 6.37. The Kier molecular flexibility index (Phi) is 1.68. The molecule has 1 fully saturated rings. The van der Waals surface area contributed by atoms with Gasteiger partial charge in [0, 0.05) is 12.6 Å². The first-order valence-electron chi connectivity index (χ1n) is 5.13. The van der Waals surface area contributed by atoms with E-state index in [1.807, 2.05) is 24.9 Å². The third-order valence-electron chi connectivity index (χ3n) is 3.68. The molecule has 0 bridgehead atoms. The molecule has 1 spiro atoms. The molecule has 1 saturated carbocycles. The Morgan fingerprint density at radius 1 is 1.60 bits per heavy atom. The highest BCUT2D eigenvalue weighted by atomic mass is 79.9. The van der Waals surface area contributed by atoms with Crippen LogP contribution in [0.4, 0.5) is 0 Å². The third kappa shape index (κ3) is 1.03. The Balaban J connectivity index is 2.22. The Bertz CT molecular complexity index is 447. The summed E-state index contributed by atoms with van der Waals surface area (Å²) >= 11 is 3.34. The van der Waals surface area contributed by atoms with E-state index in [1.165, 1.54) is 0 Å². The number of amides is 1. The summed E-state index contributed by atoms with van der Waals surface area (Å²) in [6, 6.07) is 2.11. The lowest BCUT2D eigenvalue weighted by atomic mass is 9.89. The number of hydrogen-bond donors (Lipinski definition) is 0. The molecule has 1 unspecified atom stereocenters. The second-order valence-electron chi connectivity index (χ2n) is 4.51. The highest BCUT2D eigenvalue weighted by Gasteiger charge is 2.59. The first kappa shape index (κ1) is 9.46. The van der Waals surface area contributed by atoms with Gasteiger partial charge in [-0.1, -0.05) is 0 Å². The van der Waals surface area contributed by atoms with Crippen LogP contribution in [0.2, 0.25) is 0 Å². The van der Waals surface area contributed by atoms with Crippen LogP contribution in [-0.4, -0.2) is 17.9 Å². The van der Waals surface area contributed by atoms with Crippen LogP contribution in [0.3, 0.4) is 0 Å². The number of carbonyl (C=O) groups is 1. The molecule has 15 heavy (non-hydrogen) atoms. The van der Waals surface area contributed by atoms with E-state index in [4.69, 9.17) is 4.42 Å². The molecule has 1 amide bonds. The fourth-order valence-corrected chi connectivity index (χ4v) is 2.85. The smallest absolute Gasteiger partial charge is 0.236 e. The van der Waals surface area contributed by atoms with Gasteiger partial charge in [0.25, 0.3) is 0 Å². The van der Waals surface area contributed by atoms with Crippen LogP contribution < -0.4 is 0 Å². The zero-order valence-electron chi connectivity index (χ0n) is 8.71. The van der Waals surface area contributed by atoms with Gasteiger partial charge in [0.15, 0.2) is 4.67 Å². The van der Waals surface area contributed by atoms with Gasteiger partial charge >= 0.3 is 0 Å². The van der Waals surface area contributed by atoms with Gasteiger partial charge in [0.1, 0.15) is 11.2 Å². The predicted octanol–water partition coefficient (Wildman–Crippen LogP) is 2.61. The van der Waals surface area contributed by atoms with Crippen molar-refractivity contribution in [2.24, 2.45) is 0 Å². The molecule has 0 N–H and O–H groups in total. The molecule has 1 atom stereocenters. The minimum absolute atomic E-state index is 0.119. The largest absolute Gasteiger partial charge is 0.453 e. The maximum absolute atomic E-state index is 12.1. The molecular weight excluding hydrogens is 258 g/mol. The minimum Gasteiger partial charge on any atom is -0.453 e. The first-order chi connectivity index (χ1) is 7.06. The van der Waals surface area contributed by atoms with Crippen molar-refractivity contribution in [2.45, 2.75) is 31.2 Å². The molecule has 2 heterocycles. The SMILES string of the molecule is CC1c2cc(Br)oc2C2(CC2)C(=O)N1C. The van der Waals surface area contributed by atoms with Crippen LogP contribution in [0.25, 0.3) is 0 Å². The van der Waals surface area contributed by atoms with Crippen molar-refractivity contribution in [3.63, 3.8) is 0 Å². The fraction of sp³-hybridized carbons (Fsp3) is 0.545. The summed E-state index contributed by atoms with van der Waals surface area (Å²) in [5.74, 6) is 1.11. The van der Waals surface area contributed by atoms with Crippen LogP contribution in [0, 0.1) is 0 Å². The lowest BCUT2D eigenvalue weighted by Crippen LogP contribution is -2.42. The number of rotatable bonds is 0. The zero-order valence-corrected chi connectivity index (χ0v) is 10.3. The van der Waals surface area contributed by atoms with E-state index in [0.29, 0.717) is 0 Å². The molecule has 0 radical (unpaired) electrons. The van der Waals surface area contributed by atoms with Gasteiger partial charge in [-0.05, 0) is 41.8 Å². The van der Waals surface area contributed by atoms with E-state index >= 15 is 0 Å². The van der Waals surface area contributed by atoms with E-state index in [9.17, 15) is 4.79 Å². The zero-order chi connectivity index (χ0) is 10.8. The number of fused-ring (bicyclic) bond motifs is 2. The van der Waals surface area contributed by atoms with Crippen molar-refractivity contribution < 1.29 is 9.21 Å². The molecule has 3 rings (SSSR count). The van der Waals surface area contributed by atoms with Gasteiger partial charge in [-0.25, -0.2) is 0 Å². The van der Waals surface area contributed by atoms with Crippen molar-refractivity contribution >= 4 is 21.8 Å². The summed E-state index contributed by atoms with van der Waals surface area (Å²) in [7, 11) is 1.87. The van der Waals surface area contributed by atoms with E-state index in [-0.39, 0.29) is 17.4 Å². The summed E-state index contributed by atoms with van der Waals surface area (Å²) in [5, 5.41) is 0. The predicted molar refractivity (Wildman–Crippen MR) is 58.5 cm³/mol. The molecule has 3 nitrogen and oxygen atoms in total. The summed E-state index contributed by atoms with van der Waals surface area (Å²) in [6.45, 7) is 2.04. The number of likely N-dealkylation sites (N-methyl/N-ethyl adjacent to an activating group) is 1. The lowest BCUT2D eigenvalue weighted by Gasteiger charge is -2.34. The van der Waals surface area contributed by atoms with Gasteiger partial charge in [-0.2, -0.15) is 0 Å². The number of furan rings is 1. The maximum Gasteiger partial charge on any atom is 0.236 e. The maximum atomic E-state index is 12.1. The van der Waals surface area contributed by atoms with Crippen molar-refractivity contribution in [2.75, 3.05) is 7.05 Å². The Hall–Kier alpha value is -0.770. The average molecular weight is 270 g/mol. The van der Waals surface area contributed by atoms with Crippen molar-refractivity contribution in [3.8, 4) is 0 Å². The number of carbonyl (C=O) groups excluding carboxylic acids is 1. The van der Waals surface area contributed by atoms with Crippen LogP contribution >= 0.6 is 15.9 Å². The number of nitrogens with zero attached hydrogens (tertiary/aromatic N) is 1. The Morgan fingerprint density at radius 3 is 2.87 bits per heavy atom. The average Bonchev–Trinajstić information content (AvgIpc) is 2.92. The molecule has 1 aromatic heterocycles. The number of hydrogen-bond acceptors (Lipinski definition) is 2. The van der Waals surface area contributed by atoms with Crippen molar-refractivity contribution in [3.05, 3.63) is 22.1 Å². The molecule has 4 heteroatoms. The Morgan fingerprint density at radius 2 is 2.27 bits per heavy atom. The van der Waals surface area contributed by atoms with E-state index in [0.717, 1.165) is 28.8 Å². The molecular formula is C11H12BrNO2. The molecule has 1 aliphatic heterocycles. The van der Waals surface area contributed by atoms with E-state index in [2.05, 4.69) is 15.9 Å². The van der Waals surface area contributed by atoms with Crippen LogP contribution in [0.15, 0.2) is 15.2 Å². The van der Waals surface area contributed by atoms with E-state index < -0.39 is 0 Å². The van der Waals surface area contributed by atoms with Gasteiger partial charge in [0.2, 0.25) is 5.91 Å². The lowest BCUT2D eigenvalue weighted by molar-refractivity contribution is -0.136. The standard InChI is InChI=1S/C11H12BrNO2/c1-6-7-5-8(12)15-9(7)11(3-4-11)10(14)13(6)2/h5-6H,3-4H2,1-2H3. The van der Waals surface area contributed by atoms with Gasteiger partial charge in [0.05, 0.1) is 6.04 Å². The van der Waals surface area contributed by atoms with Crippen molar-refractivity contribution in [1.29, 1.82) is 0 Å². The fourth-order valence-electron chi connectivity index (χ4n) is 2.44. The molecule has 0 aromatic carbocycles. The third-order valence-corrected chi connectivity index (χ3v) is 4.07. The van der Waals surface area contributed by atoms with Gasteiger partial charge < -0.3 is 9.32 Å². The minimum atomic E-state index is -0.317. The normalized spacial score (nSPS) is 27.0. The molecule has 1 aliphatic carbocycles. The van der Waals surface area contributed by atoms with Crippen LogP contribution in [0.1, 0.15) is 37.1 Å². The Labute approximate surface area is 96.6 Å². The molecule has 0 saturated heterocycles. The van der Waals surface area contributed by atoms with E-state index in [1.54, 1.807) is 0 Å².